The standard InChI is InChI=1S/C9H11N3O4.C2H6/c1-10-7(13)6-8(14)11-5-4-16-3-2-12(5)9(6)15;1-2/h14H,2-4H2,1H3,(H,10,13);1-2H3. The van der Waals surface area contributed by atoms with Gasteiger partial charge in [-0.1, -0.05) is 13.8 Å². The summed E-state index contributed by atoms with van der Waals surface area (Å²) in [5, 5.41) is 11.8. The Labute approximate surface area is 104 Å². The number of carbonyl (C=O) groups is 1. The van der Waals surface area contributed by atoms with Gasteiger partial charge >= 0.3 is 0 Å². The Hall–Kier alpha value is -1.89. The van der Waals surface area contributed by atoms with Crippen molar-refractivity contribution in [1.29, 1.82) is 0 Å². The van der Waals surface area contributed by atoms with Crippen LogP contribution < -0.4 is 10.9 Å². The van der Waals surface area contributed by atoms with Crippen LogP contribution in [-0.2, 0) is 17.9 Å². The van der Waals surface area contributed by atoms with E-state index in [1.54, 1.807) is 0 Å². The third-order valence-electron chi connectivity index (χ3n) is 2.37. The molecule has 0 radical (unpaired) electrons. The highest BCUT2D eigenvalue weighted by Gasteiger charge is 2.22. The van der Waals surface area contributed by atoms with Crippen molar-refractivity contribution in [2.45, 2.75) is 27.0 Å². The molecule has 0 aliphatic carbocycles. The lowest BCUT2D eigenvalue weighted by Crippen LogP contribution is -2.37. The number of carbonyl (C=O) groups excluding carboxylic acids is 1. The summed E-state index contributed by atoms with van der Waals surface area (Å²) < 4.78 is 6.44. The molecule has 0 saturated heterocycles. The van der Waals surface area contributed by atoms with Crippen LogP contribution in [-0.4, -0.2) is 34.2 Å². The Morgan fingerprint density at radius 2 is 2.17 bits per heavy atom. The summed E-state index contributed by atoms with van der Waals surface area (Å²) in [6, 6.07) is 0. The van der Waals surface area contributed by atoms with Gasteiger partial charge in [0.05, 0.1) is 13.2 Å². The molecule has 1 aromatic heterocycles. The molecule has 7 heteroatoms. The van der Waals surface area contributed by atoms with Crippen LogP contribution in [0.5, 0.6) is 5.88 Å². The first-order valence-electron chi connectivity index (χ1n) is 5.77. The van der Waals surface area contributed by atoms with E-state index < -0.39 is 17.3 Å². The number of fused-ring (bicyclic) bond motifs is 1. The summed E-state index contributed by atoms with van der Waals surface area (Å²) >= 11 is 0. The Kier molecular flexibility index (Phi) is 4.85. The highest BCUT2D eigenvalue weighted by Crippen LogP contribution is 2.12. The number of aromatic nitrogens is 2. The highest BCUT2D eigenvalue weighted by molar-refractivity contribution is 5.95. The van der Waals surface area contributed by atoms with Crippen molar-refractivity contribution in [3.8, 4) is 5.88 Å². The van der Waals surface area contributed by atoms with E-state index in [0.717, 1.165) is 0 Å². The van der Waals surface area contributed by atoms with E-state index in [2.05, 4.69) is 10.3 Å². The number of nitrogens with zero attached hydrogens (tertiary/aromatic N) is 2. The fourth-order valence-corrected chi connectivity index (χ4v) is 1.57. The number of hydrogen-bond acceptors (Lipinski definition) is 5. The molecular weight excluding hydrogens is 238 g/mol. The molecule has 0 atom stereocenters. The molecule has 1 aliphatic rings. The van der Waals surface area contributed by atoms with Gasteiger partial charge in [0.25, 0.3) is 11.5 Å². The van der Waals surface area contributed by atoms with Gasteiger partial charge in [-0.15, -0.1) is 0 Å². The van der Waals surface area contributed by atoms with Gasteiger partial charge < -0.3 is 15.2 Å². The number of nitrogens with one attached hydrogen (secondary N) is 1. The van der Waals surface area contributed by atoms with E-state index in [4.69, 9.17) is 4.74 Å². The van der Waals surface area contributed by atoms with Crippen LogP contribution in [0.2, 0.25) is 0 Å². The molecule has 7 nitrogen and oxygen atoms in total. The lowest BCUT2D eigenvalue weighted by atomic mass is 10.2. The van der Waals surface area contributed by atoms with Crippen molar-refractivity contribution in [3.05, 3.63) is 21.7 Å². The second kappa shape index (κ2) is 6.15. The molecule has 0 spiro atoms. The molecule has 0 aromatic carbocycles. The Morgan fingerprint density at radius 3 is 2.78 bits per heavy atom. The minimum absolute atomic E-state index is 0.164. The Balaban J connectivity index is 0.000000771. The zero-order chi connectivity index (χ0) is 13.7. The topological polar surface area (TPSA) is 93.5 Å². The van der Waals surface area contributed by atoms with Gasteiger partial charge in [-0.3, -0.25) is 14.2 Å². The lowest BCUT2D eigenvalue weighted by molar-refractivity contribution is 0.0764. The van der Waals surface area contributed by atoms with Crippen molar-refractivity contribution < 1.29 is 14.6 Å². The minimum Gasteiger partial charge on any atom is -0.493 e. The van der Waals surface area contributed by atoms with Crippen molar-refractivity contribution >= 4 is 5.91 Å². The fraction of sp³-hybridized carbons (Fsp3) is 0.545. The van der Waals surface area contributed by atoms with E-state index in [9.17, 15) is 14.7 Å². The Morgan fingerprint density at radius 1 is 1.50 bits per heavy atom. The first kappa shape index (κ1) is 14.2. The predicted octanol–water partition coefficient (Wildman–Crippen LogP) is -0.135. The van der Waals surface area contributed by atoms with E-state index in [1.807, 2.05) is 13.8 Å². The molecule has 2 heterocycles. The number of hydrogen-bond donors (Lipinski definition) is 2. The summed E-state index contributed by atoms with van der Waals surface area (Å²) in [5.74, 6) is -0.862. The fourth-order valence-electron chi connectivity index (χ4n) is 1.57. The highest BCUT2D eigenvalue weighted by atomic mass is 16.5. The summed E-state index contributed by atoms with van der Waals surface area (Å²) in [4.78, 5) is 27.0. The van der Waals surface area contributed by atoms with Gasteiger partial charge in [0.15, 0.2) is 5.56 Å². The van der Waals surface area contributed by atoms with E-state index in [1.165, 1.54) is 11.6 Å². The van der Waals surface area contributed by atoms with Crippen molar-refractivity contribution in [2.24, 2.45) is 0 Å². The van der Waals surface area contributed by atoms with Crippen LogP contribution >= 0.6 is 0 Å². The molecule has 2 N–H and O–H groups in total. The summed E-state index contributed by atoms with van der Waals surface area (Å²) in [5.41, 5.74) is -0.863. The van der Waals surface area contributed by atoms with Crippen molar-refractivity contribution in [1.82, 2.24) is 14.9 Å². The first-order chi connectivity index (χ1) is 8.65. The maximum absolute atomic E-state index is 11.9. The second-order valence-corrected chi connectivity index (χ2v) is 3.32. The number of ether oxygens (including phenoxy) is 1. The van der Waals surface area contributed by atoms with Gasteiger partial charge in [0.2, 0.25) is 5.88 Å². The molecule has 0 unspecified atom stereocenters. The quantitative estimate of drug-likeness (QED) is 0.728. The minimum atomic E-state index is -0.642. The molecule has 2 rings (SSSR count). The van der Waals surface area contributed by atoms with Crippen LogP contribution in [0, 0.1) is 0 Å². The molecule has 1 aliphatic heterocycles. The molecule has 1 amide bonds. The zero-order valence-corrected chi connectivity index (χ0v) is 10.7. The maximum atomic E-state index is 11.9. The van der Waals surface area contributed by atoms with E-state index in [-0.39, 0.29) is 12.2 Å². The molecular formula is C11H17N3O4. The molecule has 100 valence electrons. The molecule has 1 aromatic rings. The zero-order valence-electron chi connectivity index (χ0n) is 10.7. The van der Waals surface area contributed by atoms with Gasteiger partial charge in [0, 0.05) is 7.05 Å². The average molecular weight is 255 g/mol. The SMILES string of the molecule is CC.CNC(=O)c1c(O)nc2n(c1=O)CCOC2. The number of aromatic hydroxyl groups is 1. The molecule has 0 bridgehead atoms. The smallest absolute Gasteiger partial charge is 0.270 e. The second-order valence-electron chi connectivity index (χ2n) is 3.32. The predicted molar refractivity (Wildman–Crippen MR) is 64.6 cm³/mol. The number of rotatable bonds is 1. The van der Waals surface area contributed by atoms with Crippen LogP contribution in [0.1, 0.15) is 30.0 Å². The van der Waals surface area contributed by atoms with Crippen molar-refractivity contribution in [3.63, 3.8) is 0 Å². The van der Waals surface area contributed by atoms with Gasteiger partial charge in [-0.25, -0.2) is 0 Å². The number of amides is 1. The van der Waals surface area contributed by atoms with Crippen LogP contribution in [0.4, 0.5) is 0 Å². The monoisotopic (exact) mass is 255 g/mol. The molecule has 0 saturated carbocycles. The van der Waals surface area contributed by atoms with Gasteiger partial charge in [-0.2, -0.15) is 4.98 Å². The normalized spacial score (nSPS) is 13.1. The molecule has 18 heavy (non-hydrogen) atoms. The summed E-state index contributed by atoms with van der Waals surface area (Å²) in [6.45, 7) is 4.90. The largest absolute Gasteiger partial charge is 0.493 e. The Bertz CT molecular complexity index is 496. The third kappa shape index (κ3) is 2.51. The summed E-state index contributed by atoms with van der Waals surface area (Å²) in [6.07, 6.45) is 0. The van der Waals surface area contributed by atoms with Gasteiger partial charge in [-0.05, 0) is 0 Å². The van der Waals surface area contributed by atoms with Gasteiger partial charge in [0.1, 0.15) is 12.4 Å². The van der Waals surface area contributed by atoms with Crippen LogP contribution in [0.25, 0.3) is 0 Å². The average Bonchev–Trinajstić information content (AvgIpc) is 2.40. The van der Waals surface area contributed by atoms with Crippen LogP contribution in [0.15, 0.2) is 4.79 Å². The van der Waals surface area contributed by atoms with Crippen molar-refractivity contribution in [2.75, 3.05) is 13.7 Å². The molecule has 0 fully saturated rings. The third-order valence-corrected chi connectivity index (χ3v) is 2.37. The maximum Gasteiger partial charge on any atom is 0.270 e. The van der Waals surface area contributed by atoms with Crippen LogP contribution in [0.3, 0.4) is 0 Å². The van der Waals surface area contributed by atoms with E-state index in [0.29, 0.717) is 19.0 Å². The summed E-state index contributed by atoms with van der Waals surface area (Å²) in [7, 11) is 1.38. The first-order valence-corrected chi connectivity index (χ1v) is 5.77. The lowest BCUT2D eigenvalue weighted by Gasteiger charge is -2.18. The van der Waals surface area contributed by atoms with E-state index >= 15 is 0 Å².